The number of aliphatic hydroxyl groups excluding tert-OH is 1. The summed E-state index contributed by atoms with van der Waals surface area (Å²) in [7, 11) is 3.26. The number of hydrogen-bond donors (Lipinski definition) is 1. The Hall–Kier alpha value is -2.77. The topological polar surface area (TPSA) is 53.0 Å². The van der Waals surface area contributed by atoms with E-state index in [2.05, 4.69) is 0 Å². The second-order valence-corrected chi connectivity index (χ2v) is 7.12. The van der Waals surface area contributed by atoms with Gasteiger partial charge in [0.25, 0.3) is 0 Å². The van der Waals surface area contributed by atoms with Crippen LogP contribution >= 0.6 is 0 Å². The molecule has 1 unspecified atom stereocenters. The number of carbonyl (C=O) groups excluding carboxylic acids is 1. The fourth-order valence-electron chi connectivity index (χ4n) is 3.57. The summed E-state index contributed by atoms with van der Waals surface area (Å²) in [5.41, 5.74) is 0.362. The highest BCUT2D eigenvalue weighted by Crippen LogP contribution is 2.41. The largest absolute Gasteiger partial charge is 0.394 e. The van der Waals surface area contributed by atoms with E-state index in [-0.39, 0.29) is 38.0 Å². The van der Waals surface area contributed by atoms with E-state index in [1.807, 2.05) is 30.3 Å². The molecule has 2 amide bonds. The number of urea groups is 1. The molecule has 0 spiro atoms. The van der Waals surface area contributed by atoms with Crippen LogP contribution in [0, 0.1) is 11.6 Å². The lowest BCUT2D eigenvalue weighted by Crippen LogP contribution is -2.52. The molecule has 5 nitrogen and oxygen atoms in total. The second kappa shape index (κ2) is 8.71. The zero-order chi connectivity index (χ0) is 21.0. The molecule has 1 atom stereocenters. The minimum Gasteiger partial charge on any atom is -0.394 e. The molecule has 1 aliphatic rings. The number of halogens is 2. The quantitative estimate of drug-likeness (QED) is 0.755. The van der Waals surface area contributed by atoms with Gasteiger partial charge < -0.3 is 19.6 Å². The van der Waals surface area contributed by atoms with Crippen LogP contribution in [0.4, 0.5) is 13.6 Å². The standard InChI is InChI=1S/C22H24F2N2O3/c1-25(2)21(28)26-14-16(19-12-18(23)8-9-20(19)24)13-22(26,15-29-11-10-27)17-6-4-3-5-7-17/h3-9,12-13,27H,10-11,14-15H2,1-2H3. The van der Waals surface area contributed by atoms with Crippen LogP contribution < -0.4 is 0 Å². The molecule has 154 valence electrons. The second-order valence-electron chi connectivity index (χ2n) is 7.12. The summed E-state index contributed by atoms with van der Waals surface area (Å²) in [5.74, 6) is -1.11. The minimum absolute atomic E-state index is 0.0671. The Labute approximate surface area is 168 Å². The van der Waals surface area contributed by atoms with Gasteiger partial charge in [0.15, 0.2) is 0 Å². The number of amides is 2. The zero-order valence-electron chi connectivity index (χ0n) is 16.4. The average molecular weight is 402 g/mol. The lowest BCUT2D eigenvalue weighted by Gasteiger charge is -2.39. The Morgan fingerprint density at radius 2 is 1.93 bits per heavy atom. The number of nitrogens with zero attached hydrogens (tertiary/aromatic N) is 2. The first-order chi connectivity index (χ1) is 13.9. The molecule has 2 aromatic rings. The molecule has 3 rings (SSSR count). The van der Waals surface area contributed by atoms with Crippen LogP contribution in [-0.4, -0.2) is 61.4 Å². The maximum absolute atomic E-state index is 14.5. The lowest BCUT2D eigenvalue weighted by molar-refractivity contribution is 0.0237. The van der Waals surface area contributed by atoms with E-state index in [9.17, 15) is 13.6 Å². The van der Waals surface area contributed by atoms with Gasteiger partial charge in [-0.05, 0) is 35.4 Å². The van der Waals surface area contributed by atoms with Crippen molar-refractivity contribution >= 4 is 11.6 Å². The normalized spacial score (nSPS) is 18.7. The molecule has 0 fully saturated rings. The summed E-state index contributed by atoms with van der Waals surface area (Å²) < 4.78 is 33.9. The number of hydrogen-bond acceptors (Lipinski definition) is 3. The van der Waals surface area contributed by atoms with Gasteiger partial charge >= 0.3 is 6.03 Å². The monoisotopic (exact) mass is 402 g/mol. The summed E-state index contributed by atoms with van der Waals surface area (Å²) in [4.78, 5) is 16.1. The van der Waals surface area contributed by atoms with Gasteiger partial charge in [0, 0.05) is 26.2 Å². The van der Waals surface area contributed by atoms with Crippen LogP contribution in [-0.2, 0) is 10.3 Å². The Kier molecular flexibility index (Phi) is 6.30. The third-order valence-corrected chi connectivity index (χ3v) is 4.94. The summed E-state index contributed by atoms with van der Waals surface area (Å²) in [5, 5.41) is 9.13. The summed E-state index contributed by atoms with van der Waals surface area (Å²) in [6.45, 7) is 0.0873. The fourth-order valence-corrected chi connectivity index (χ4v) is 3.57. The number of aliphatic hydroxyl groups is 1. The molecule has 0 bridgehead atoms. The Balaban J connectivity index is 2.16. The van der Waals surface area contributed by atoms with E-state index in [4.69, 9.17) is 9.84 Å². The van der Waals surface area contributed by atoms with Gasteiger partial charge in [0.1, 0.15) is 17.2 Å². The van der Waals surface area contributed by atoms with E-state index >= 15 is 0 Å². The Bertz CT molecular complexity index is 902. The highest BCUT2D eigenvalue weighted by atomic mass is 19.1. The first-order valence-electron chi connectivity index (χ1n) is 9.29. The van der Waals surface area contributed by atoms with Crippen LogP contribution in [0.15, 0.2) is 54.6 Å². The number of carbonyl (C=O) groups is 1. The average Bonchev–Trinajstić information content (AvgIpc) is 3.10. The highest BCUT2D eigenvalue weighted by molar-refractivity contribution is 5.83. The van der Waals surface area contributed by atoms with E-state index < -0.39 is 17.2 Å². The van der Waals surface area contributed by atoms with Crippen molar-refractivity contribution in [1.82, 2.24) is 9.80 Å². The molecule has 29 heavy (non-hydrogen) atoms. The fraction of sp³-hybridized carbons (Fsp3) is 0.318. The van der Waals surface area contributed by atoms with Gasteiger partial charge in [-0.3, -0.25) is 0 Å². The Morgan fingerprint density at radius 3 is 2.59 bits per heavy atom. The van der Waals surface area contributed by atoms with Crippen LogP contribution in [0.5, 0.6) is 0 Å². The van der Waals surface area contributed by atoms with Crippen molar-refractivity contribution in [3.63, 3.8) is 0 Å². The molecule has 0 radical (unpaired) electrons. The van der Waals surface area contributed by atoms with Crippen molar-refractivity contribution < 1.29 is 23.4 Å². The van der Waals surface area contributed by atoms with Gasteiger partial charge in [-0.25, -0.2) is 13.6 Å². The zero-order valence-corrected chi connectivity index (χ0v) is 16.4. The maximum Gasteiger partial charge on any atom is 0.320 e. The molecule has 1 aliphatic heterocycles. The predicted octanol–water partition coefficient (Wildman–Crippen LogP) is 3.25. The van der Waals surface area contributed by atoms with Gasteiger partial charge in [-0.2, -0.15) is 0 Å². The first kappa shape index (κ1) is 21.0. The SMILES string of the molecule is CN(C)C(=O)N1CC(c2cc(F)ccc2F)=CC1(COCCO)c1ccccc1. The highest BCUT2D eigenvalue weighted by Gasteiger charge is 2.46. The number of benzene rings is 2. The summed E-state index contributed by atoms with van der Waals surface area (Å²) in [6, 6.07) is 12.3. The molecule has 2 aromatic carbocycles. The van der Waals surface area contributed by atoms with E-state index in [0.29, 0.717) is 5.57 Å². The van der Waals surface area contributed by atoms with Crippen molar-refractivity contribution in [3.05, 3.63) is 77.4 Å². The van der Waals surface area contributed by atoms with Crippen molar-refractivity contribution in [1.29, 1.82) is 0 Å². The van der Waals surface area contributed by atoms with Crippen LogP contribution in [0.2, 0.25) is 0 Å². The number of rotatable bonds is 6. The third-order valence-electron chi connectivity index (χ3n) is 4.94. The van der Waals surface area contributed by atoms with Gasteiger partial charge in [-0.1, -0.05) is 30.3 Å². The smallest absolute Gasteiger partial charge is 0.320 e. The van der Waals surface area contributed by atoms with Crippen molar-refractivity contribution in [2.45, 2.75) is 5.54 Å². The minimum atomic E-state index is -1.02. The first-order valence-corrected chi connectivity index (χ1v) is 9.29. The molecule has 1 heterocycles. The number of ether oxygens (including phenoxy) is 1. The van der Waals surface area contributed by atoms with Crippen molar-refractivity contribution in [2.24, 2.45) is 0 Å². The Morgan fingerprint density at radius 1 is 1.21 bits per heavy atom. The molecule has 0 aromatic heterocycles. The molecular weight excluding hydrogens is 378 g/mol. The summed E-state index contributed by atoms with van der Waals surface area (Å²) >= 11 is 0. The summed E-state index contributed by atoms with van der Waals surface area (Å²) in [6.07, 6.45) is 1.76. The lowest BCUT2D eigenvalue weighted by atomic mass is 9.89. The molecule has 7 heteroatoms. The van der Waals surface area contributed by atoms with E-state index in [1.165, 1.54) is 4.90 Å². The molecule has 0 saturated heterocycles. The van der Waals surface area contributed by atoms with Gasteiger partial charge in [0.2, 0.25) is 0 Å². The molecule has 1 N–H and O–H groups in total. The molecule has 0 aliphatic carbocycles. The van der Waals surface area contributed by atoms with Crippen LogP contribution in [0.25, 0.3) is 5.57 Å². The van der Waals surface area contributed by atoms with Gasteiger partial charge in [-0.15, -0.1) is 0 Å². The van der Waals surface area contributed by atoms with E-state index in [0.717, 1.165) is 23.8 Å². The third kappa shape index (κ3) is 4.16. The van der Waals surface area contributed by atoms with Crippen molar-refractivity contribution in [2.75, 3.05) is 40.5 Å². The predicted molar refractivity (Wildman–Crippen MR) is 106 cm³/mol. The van der Waals surface area contributed by atoms with Crippen LogP contribution in [0.3, 0.4) is 0 Å². The maximum atomic E-state index is 14.5. The molecule has 0 saturated carbocycles. The van der Waals surface area contributed by atoms with Crippen LogP contribution in [0.1, 0.15) is 11.1 Å². The van der Waals surface area contributed by atoms with E-state index in [1.54, 1.807) is 25.1 Å². The van der Waals surface area contributed by atoms with Gasteiger partial charge in [0.05, 0.1) is 19.8 Å². The van der Waals surface area contributed by atoms with Crippen molar-refractivity contribution in [3.8, 4) is 0 Å². The molecular formula is C22H24F2N2O3.